The highest BCUT2D eigenvalue weighted by Crippen LogP contribution is 2.30. The molecule has 1 fully saturated rings. The second kappa shape index (κ2) is 17.9. The fourth-order valence-electron chi connectivity index (χ4n) is 5.72. The van der Waals surface area contributed by atoms with Crippen molar-refractivity contribution < 1.29 is 62.9 Å². The lowest BCUT2D eigenvalue weighted by Gasteiger charge is -2.26. The maximum atomic E-state index is 13.4. The number of carbonyl (C=O) groups is 2. The predicted octanol–water partition coefficient (Wildman–Crippen LogP) is 3.52. The van der Waals surface area contributed by atoms with Crippen LogP contribution < -0.4 is 20.1 Å². The first kappa shape index (κ1) is 42.2. The van der Waals surface area contributed by atoms with Crippen molar-refractivity contribution in [1.82, 2.24) is 4.31 Å². The van der Waals surface area contributed by atoms with E-state index in [9.17, 15) is 43.9 Å². The van der Waals surface area contributed by atoms with Crippen molar-refractivity contribution in [1.29, 1.82) is 0 Å². The van der Waals surface area contributed by atoms with Gasteiger partial charge in [0, 0.05) is 42.7 Å². The van der Waals surface area contributed by atoms with Gasteiger partial charge in [0.25, 0.3) is 32.1 Å². The Morgan fingerprint density at radius 2 is 1.20 bits per heavy atom. The SMILES string of the molecule is COCCOc1ccc(C(=O)Nc2ccc(CCc3ccc(NC(=O)c4ccc(OC)c(S(=O)(=O)N5CCOCC5)c4)cc3S(=O)(=O)O)c(S(=O)(=O)O)c2)cc1. The number of aryl methyl sites for hydroxylation is 2. The summed E-state index contributed by atoms with van der Waals surface area (Å²) in [5.74, 6) is -0.851. The lowest BCUT2D eigenvalue weighted by Crippen LogP contribution is -2.40. The summed E-state index contributed by atoms with van der Waals surface area (Å²) >= 11 is 0. The lowest BCUT2D eigenvalue weighted by atomic mass is 10.0. The molecule has 0 aliphatic carbocycles. The van der Waals surface area contributed by atoms with E-state index in [1.54, 1.807) is 12.1 Å². The third kappa shape index (κ3) is 10.5. The molecule has 0 saturated carbocycles. The van der Waals surface area contributed by atoms with Gasteiger partial charge < -0.3 is 29.6 Å². The van der Waals surface area contributed by atoms with Gasteiger partial charge in [-0.2, -0.15) is 21.1 Å². The fraction of sp³-hybridized carbons (Fsp3) is 0.278. The molecule has 0 atom stereocenters. The molecule has 1 aliphatic heterocycles. The number of nitrogens with zero attached hydrogens (tertiary/aromatic N) is 1. The average Bonchev–Trinajstić information content (AvgIpc) is 3.17. The molecular weight excluding hydrogens is 795 g/mol. The highest BCUT2D eigenvalue weighted by molar-refractivity contribution is 7.89. The summed E-state index contributed by atoms with van der Waals surface area (Å²) in [5, 5.41) is 5.07. The first-order valence-electron chi connectivity index (χ1n) is 16.8. The van der Waals surface area contributed by atoms with Crippen LogP contribution in [0.15, 0.2) is 93.5 Å². The molecule has 0 unspecified atom stereocenters. The van der Waals surface area contributed by atoms with Crippen molar-refractivity contribution in [3.8, 4) is 11.5 Å². The Balaban J connectivity index is 1.32. The number of methoxy groups -OCH3 is 2. The minimum Gasteiger partial charge on any atom is -0.495 e. The Kier molecular flexibility index (Phi) is 13.5. The molecule has 20 heteroatoms. The van der Waals surface area contributed by atoms with Gasteiger partial charge in [0.2, 0.25) is 10.0 Å². The third-order valence-corrected chi connectivity index (χ3v) is 12.3. The van der Waals surface area contributed by atoms with E-state index in [4.69, 9.17) is 18.9 Å². The number of rotatable bonds is 16. The largest absolute Gasteiger partial charge is 0.495 e. The van der Waals surface area contributed by atoms with E-state index in [1.165, 1.54) is 67.1 Å². The standard InChI is InChI=1S/C36H39N3O14S3/c1-50-19-20-53-30-12-7-26(8-13-30)35(40)37-28-10-5-24(32(22-28)55(44,45)46)3-4-25-6-11-29(23-33(25)56(47,48)49)38-36(41)27-9-14-31(51-2)34(21-27)54(42,43)39-15-17-52-18-16-39/h5-14,21-23H,3-4,15-20H2,1-2H3,(H,37,40)(H,38,41)(H,44,45,46)(H,47,48,49). The minimum atomic E-state index is -4.89. The second-order valence-electron chi connectivity index (χ2n) is 12.3. The fourth-order valence-corrected chi connectivity index (χ4v) is 8.87. The molecule has 1 saturated heterocycles. The van der Waals surface area contributed by atoms with Gasteiger partial charge in [-0.05, 0) is 90.7 Å². The quantitative estimate of drug-likeness (QED) is 0.0933. The summed E-state index contributed by atoms with van der Waals surface area (Å²) in [6.45, 7) is 1.31. The number of morpholine rings is 1. The molecule has 0 radical (unpaired) electrons. The van der Waals surface area contributed by atoms with Gasteiger partial charge in [0.15, 0.2) is 0 Å². The molecule has 0 bridgehead atoms. The summed E-state index contributed by atoms with van der Waals surface area (Å²) in [5.41, 5.74) is 0.254. The molecule has 1 aliphatic rings. The number of hydrogen-bond donors (Lipinski definition) is 4. The monoisotopic (exact) mass is 833 g/mol. The van der Waals surface area contributed by atoms with E-state index in [2.05, 4.69) is 10.6 Å². The summed E-state index contributed by atoms with van der Waals surface area (Å²) in [4.78, 5) is 24.8. The van der Waals surface area contributed by atoms with Gasteiger partial charge in [0.1, 0.15) is 23.0 Å². The molecule has 0 aromatic heterocycles. The maximum Gasteiger partial charge on any atom is 0.294 e. The zero-order chi connectivity index (χ0) is 40.7. The van der Waals surface area contributed by atoms with Gasteiger partial charge in [-0.3, -0.25) is 18.7 Å². The van der Waals surface area contributed by atoms with Gasteiger partial charge in [-0.25, -0.2) is 8.42 Å². The number of benzene rings is 4. The highest BCUT2D eigenvalue weighted by Gasteiger charge is 2.30. The van der Waals surface area contributed by atoms with Gasteiger partial charge in [0.05, 0.1) is 36.7 Å². The molecule has 2 amide bonds. The first-order chi connectivity index (χ1) is 26.5. The normalized spacial score (nSPS) is 13.9. The van der Waals surface area contributed by atoms with Crippen LogP contribution in [0.25, 0.3) is 0 Å². The third-order valence-electron chi connectivity index (χ3n) is 8.56. The predicted molar refractivity (Wildman–Crippen MR) is 202 cm³/mol. The zero-order valence-electron chi connectivity index (χ0n) is 30.1. The van der Waals surface area contributed by atoms with Crippen molar-refractivity contribution in [2.45, 2.75) is 27.5 Å². The van der Waals surface area contributed by atoms with Crippen molar-refractivity contribution in [2.24, 2.45) is 0 Å². The van der Waals surface area contributed by atoms with Crippen molar-refractivity contribution in [3.05, 3.63) is 101 Å². The van der Waals surface area contributed by atoms with Gasteiger partial charge >= 0.3 is 0 Å². The first-order valence-corrected chi connectivity index (χ1v) is 21.1. The van der Waals surface area contributed by atoms with Crippen molar-refractivity contribution >= 4 is 53.4 Å². The van der Waals surface area contributed by atoms with E-state index in [0.717, 1.165) is 18.2 Å². The van der Waals surface area contributed by atoms with E-state index >= 15 is 0 Å². The van der Waals surface area contributed by atoms with Crippen LogP contribution in [-0.4, -0.2) is 104 Å². The van der Waals surface area contributed by atoms with Gasteiger partial charge in [-0.1, -0.05) is 12.1 Å². The molecule has 4 aromatic rings. The summed E-state index contributed by atoms with van der Waals surface area (Å²) in [6, 6.07) is 17.4. The lowest BCUT2D eigenvalue weighted by molar-refractivity contribution is 0.0729. The molecule has 5 rings (SSSR count). The summed E-state index contributed by atoms with van der Waals surface area (Å²) < 4.78 is 119. The summed E-state index contributed by atoms with van der Waals surface area (Å²) in [7, 11) is -11.0. The van der Waals surface area contributed by atoms with Crippen LogP contribution in [0.2, 0.25) is 0 Å². The van der Waals surface area contributed by atoms with Gasteiger partial charge in [-0.15, -0.1) is 0 Å². The number of amides is 2. The highest BCUT2D eigenvalue weighted by atomic mass is 32.2. The molecule has 300 valence electrons. The number of carbonyl (C=O) groups excluding carboxylic acids is 2. The zero-order valence-corrected chi connectivity index (χ0v) is 32.6. The van der Waals surface area contributed by atoms with E-state index in [-0.39, 0.29) is 83.4 Å². The smallest absolute Gasteiger partial charge is 0.294 e. The molecule has 4 aromatic carbocycles. The average molecular weight is 834 g/mol. The number of nitrogens with one attached hydrogen (secondary N) is 2. The van der Waals surface area contributed by atoms with Crippen molar-refractivity contribution in [2.75, 3.05) is 64.4 Å². The second-order valence-corrected chi connectivity index (χ2v) is 16.9. The molecule has 56 heavy (non-hydrogen) atoms. The number of ether oxygens (including phenoxy) is 4. The maximum absolute atomic E-state index is 13.4. The molecular formula is C36H39N3O14S3. The topological polar surface area (TPSA) is 241 Å². The van der Waals surface area contributed by atoms with E-state index in [0.29, 0.717) is 19.0 Å². The number of sulfonamides is 1. The number of hydrogen-bond acceptors (Lipinski definition) is 12. The van der Waals surface area contributed by atoms with Crippen molar-refractivity contribution in [3.63, 3.8) is 0 Å². The van der Waals surface area contributed by atoms with Crippen LogP contribution in [0.4, 0.5) is 11.4 Å². The Morgan fingerprint density at radius 3 is 1.70 bits per heavy atom. The van der Waals surface area contributed by atoms with E-state index < -0.39 is 51.9 Å². The Labute approximate surface area is 324 Å². The summed E-state index contributed by atoms with van der Waals surface area (Å²) in [6.07, 6.45) is -0.300. The van der Waals surface area contributed by atoms with Crippen LogP contribution in [0.5, 0.6) is 11.5 Å². The van der Waals surface area contributed by atoms with Crippen LogP contribution in [-0.2, 0) is 52.6 Å². The molecule has 4 N–H and O–H groups in total. The number of anilines is 2. The van der Waals surface area contributed by atoms with Crippen LogP contribution >= 0.6 is 0 Å². The minimum absolute atomic E-state index is 0.00830. The van der Waals surface area contributed by atoms with E-state index in [1.807, 2.05) is 0 Å². The van der Waals surface area contributed by atoms with Crippen LogP contribution in [0, 0.1) is 0 Å². The Bertz CT molecular complexity index is 2420. The molecule has 1 heterocycles. The molecule has 0 spiro atoms. The Hall–Kier alpha value is -4.93. The van der Waals surface area contributed by atoms with Crippen LogP contribution in [0.1, 0.15) is 31.8 Å². The van der Waals surface area contributed by atoms with Crippen LogP contribution in [0.3, 0.4) is 0 Å². The molecule has 17 nitrogen and oxygen atoms in total. The Morgan fingerprint density at radius 1 is 0.679 bits per heavy atom.